The number of carbonyl (C=O) groups excluding carboxylic acids is 2. The SMILES string of the molecule is Cc1ccccc1CC(=O)Nc1ccccc1C(N)=O. The van der Waals surface area contributed by atoms with Crippen molar-refractivity contribution in [3.8, 4) is 0 Å². The van der Waals surface area contributed by atoms with Crippen molar-refractivity contribution in [2.45, 2.75) is 13.3 Å². The number of amides is 2. The number of carbonyl (C=O) groups is 2. The molecule has 2 rings (SSSR count). The van der Waals surface area contributed by atoms with Crippen molar-refractivity contribution in [1.82, 2.24) is 0 Å². The van der Waals surface area contributed by atoms with Crippen LogP contribution in [0.3, 0.4) is 0 Å². The zero-order valence-corrected chi connectivity index (χ0v) is 11.2. The van der Waals surface area contributed by atoms with Crippen molar-refractivity contribution in [2.75, 3.05) is 5.32 Å². The van der Waals surface area contributed by atoms with Gasteiger partial charge >= 0.3 is 0 Å². The third kappa shape index (κ3) is 3.23. The molecule has 102 valence electrons. The molecular weight excluding hydrogens is 252 g/mol. The Morgan fingerprint density at radius 1 is 1.05 bits per heavy atom. The van der Waals surface area contributed by atoms with Gasteiger partial charge < -0.3 is 11.1 Å². The van der Waals surface area contributed by atoms with Crippen LogP contribution >= 0.6 is 0 Å². The highest BCUT2D eigenvalue weighted by Crippen LogP contribution is 2.15. The molecule has 20 heavy (non-hydrogen) atoms. The number of primary amides is 1. The summed E-state index contributed by atoms with van der Waals surface area (Å²) in [6, 6.07) is 14.4. The van der Waals surface area contributed by atoms with E-state index in [9.17, 15) is 9.59 Å². The molecule has 0 unspecified atom stereocenters. The summed E-state index contributed by atoms with van der Waals surface area (Å²) in [7, 11) is 0. The second-order valence-electron chi connectivity index (χ2n) is 4.56. The minimum absolute atomic E-state index is 0.173. The number of hydrogen-bond donors (Lipinski definition) is 2. The van der Waals surface area contributed by atoms with Crippen LogP contribution in [0.4, 0.5) is 5.69 Å². The number of nitrogens with one attached hydrogen (secondary N) is 1. The molecule has 0 aromatic heterocycles. The molecule has 0 saturated carbocycles. The van der Waals surface area contributed by atoms with E-state index in [4.69, 9.17) is 5.73 Å². The van der Waals surface area contributed by atoms with Gasteiger partial charge in [0, 0.05) is 0 Å². The van der Waals surface area contributed by atoms with E-state index in [0.29, 0.717) is 11.3 Å². The highest BCUT2D eigenvalue weighted by molar-refractivity contribution is 6.03. The molecule has 0 radical (unpaired) electrons. The maximum absolute atomic E-state index is 12.0. The summed E-state index contributed by atoms with van der Waals surface area (Å²) in [5.74, 6) is -0.732. The minimum atomic E-state index is -0.559. The predicted molar refractivity (Wildman–Crippen MR) is 78.5 cm³/mol. The lowest BCUT2D eigenvalue weighted by molar-refractivity contribution is -0.115. The van der Waals surface area contributed by atoms with Crippen molar-refractivity contribution >= 4 is 17.5 Å². The van der Waals surface area contributed by atoms with Crippen LogP contribution in [-0.4, -0.2) is 11.8 Å². The summed E-state index contributed by atoms with van der Waals surface area (Å²) in [5.41, 5.74) is 8.05. The topological polar surface area (TPSA) is 72.2 Å². The van der Waals surface area contributed by atoms with Crippen molar-refractivity contribution < 1.29 is 9.59 Å². The van der Waals surface area contributed by atoms with Crippen LogP contribution in [0.2, 0.25) is 0 Å². The molecule has 0 saturated heterocycles. The average Bonchev–Trinajstić information content (AvgIpc) is 2.41. The Hall–Kier alpha value is -2.62. The smallest absolute Gasteiger partial charge is 0.250 e. The average molecular weight is 268 g/mol. The zero-order chi connectivity index (χ0) is 14.5. The first-order valence-electron chi connectivity index (χ1n) is 6.31. The molecule has 0 aliphatic carbocycles. The van der Waals surface area contributed by atoms with Crippen molar-refractivity contribution in [2.24, 2.45) is 5.73 Å². The Morgan fingerprint density at radius 2 is 1.70 bits per heavy atom. The van der Waals surface area contributed by atoms with Crippen LogP contribution in [0.25, 0.3) is 0 Å². The number of para-hydroxylation sites is 1. The molecule has 2 amide bonds. The Balaban J connectivity index is 2.13. The second-order valence-corrected chi connectivity index (χ2v) is 4.56. The number of nitrogens with two attached hydrogens (primary N) is 1. The molecule has 0 aliphatic heterocycles. The first kappa shape index (κ1) is 13.8. The number of anilines is 1. The molecule has 2 aromatic rings. The number of benzene rings is 2. The summed E-state index contributed by atoms with van der Waals surface area (Å²) in [4.78, 5) is 23.3. The Bertz CT molecular complexity index is 650. The summed E-state index contributed by atoms with van der Waals surface area (Å²) in [5, 5.41) is 2.73. The Labute approximate surface area is 117 Å². The lowest BCUT2D eigenvalue weighted by Crippen LogP contribution is -2.19. The molecule has 0 spiro atoms. The van der Waals surface area contributed by atoms with Crippen LogP contribution in [0.1, 0.15) is 21.5 Å². The number of hydrogen-bond acceptors (Lipinski definition) is 2. The van der Waals surface area contributed by atoms with Crippen molar-refractivity contribution in [3.63, 3.8) is 0 Å². The fraction of sp³-hybridized carbons (Fsp3) is 0.125. The summed E-state index contributed by atoms with van der Waals surface area (Å²) in [6.45, 7) is 1.96. The zero-order valence-electron chi connectivity index (χ0n) is 11.2. The fourth-order valence-electron chi connectivity index (χ4n) is 1.98. The molecule has 4 heteroatoms. The normalized spacial score (nSPS) is 10.1. The van der Waals surface area contributed by atoms with Crippen LogP contribution in [-0.2, 0) is 11.2 Å². The van der Waals surface area contributed by atoms with Gasteiger partial charge in [0.15, 0.2) is 0 Å². The molecule has 0 bridgehead atoms. The van der Waals surface area contributed by atoms with Crippen LogP contribution in [0.5, 0.6) is 0 Å². The lowest BCUT2D eigenvalue weighted by Gasteiger charge is -2.09. The van der Waals surface area contributed by atoms with Gasteiger partial charge in [0.2, 0.25) is 5.91 Å². The largest absolute Gasteiger partial charge is 0.366 e. The predicted octanol–water partition coefficient (Wildman–Crippen LogP) is 2.28. The Morgan fingerprint density at radius 3 is 2.40 bits per heavy atom. The fourth-order valence-corrected chi connectivity index (χ4v) is 1.98. The minimum Gasteiger partial charge on any atom is -0.366 e. The van der Waals surface area contributed by atoms with Gasteiger partial charge in [-0.05, 0) is 30.2 Å². The van der Waals surface area contributed by atoms with Gasteiger partial charge in [-0.25, -0.2) is 0 Å². The van der Waals surface area contributed by atoms with E-state index < -0.39 is 5.91 Å². The molecular formula is C16H16N2O2. The van der Waals surface area contributed by atoms with Gasteiger partial charge in [0.05, 0.1) is 17.7 Å². The van der Waals surface area contributed by atoms with E-state index in [0.717, 1.165) is 11.1 Å². The monoisotopic (exact) mass is 268 g/mol. The summed E-state index contributed by atoms with van der Waals surface area (Å²) >= 11 is 0. The molecule has 0 aliphatic rings. The summed E-state index contributed by atoms with van der Waals surface area (Å²) in [6.07, 6.45) is 0.264. The molecule has 3 N–H and O–H groups in total. The second kappa shape index (κ2) is 6.02. The Kier molecular flexibility index (Phi) is 4.15. The third-order valence-electron chi connectivity index (χ3n) is 3.08. The van der Waals surface area contributed by atoms with Crippen molar-refractivity contribution in [1.29, 1.82) is 0 Å². The van der Waals surface area contributed by atoms with Gasteiger partial charge in [-0.2, -0.15) is 0 Å². The van der Waals surface area contributed by atoms with Crippen molar-refractivity contribution in [3.05, 3.63) is 65.2 Å². The van der Waals surface area contributed by atoms with E-state index >= 15 is 0 Å². The molecule has 4 nitrogen and oxygen atoms in total. The molecule has 0 fully saturated rings. The van der Waals surface area contributed by atoms with Gasteiger partial charge in [-0.3, -0.25) is 9.59 Å². The quantitative estimate of drug-likeness (QED) is 0.892. The van der Waals surface area contributed by atoms with E-state index in [1.54, 1.807) is 24.3 Å². The highest BCUT2D eigenvalue weighted by atomic mass is 16.2. The van der Waals surface area contributed by atoms with Gasteiger partial charge in [0.25, 0.3) is 5.91 Å². The molecule has 0 atom stereocenters. The molecule has 2 aromatic carbocycles. The van der Waals surface area contributed by atoms with Gasteiger partial charge in [0.1, 0.15) is 0 Å². The number of aryl methyl sites for hydroxylation is 1. The standard InChI is InChI=1S/C16H16N2O2/c1-11-6-2-3-7-12(11)10-15(19)18-14-9-5-4-8-13(14)16(17)20/h2-9H,10H2,1H3,(H2,17,20)(H,18,19). The highest BCUT2D eigenvalue weighted by Gasteiger charge is 2.11. The van der Waals surface area contributed by atoms with Crippen LogP contribution < -0.4 is 11.1 Å². The van der Waals surface area contributed by atoms with Crippen LogP contribution in [0.15, 0.2) is 48.5 Å². The summed E-state index contributed by atoms with van der Waals surface area (Å²) < 4.78 is 0. The number of rotatable bonds is 4. The first-order valence-corrected chi connectivity index (χ1v) is 6.31. The maximum atomic E-state index is 12.0. The van der Waals surface area contributed by atoms with E-state index in [2.05, 4.69) is 5.32 Å². The van der Waals surface area contributed by atoms with E-state index in [1.165, 1.54) is 0 Å². The third-order valence-corrected chi connectivity index (χ3v) is 3.08. The maximum Gasteiger partial charge on any atom is 0.250 e. The van der Waals surface area contributed by atoms with Gasteiger partial charge in [-0.1, -0.05) is 36.4 Å². The molecule has 0 heterocycles. The van der Waals surface area contributed by atoms with Gasteiger partial charge in [-0.15, -0.1) is 0 Å². The lowest BCUT2D eigenvalue weighted by atomic mass is 10.1. The van der Waals surface area contributed by atoms with E-state index in [1.807, 2.05) is 31.2 Å². The van der Waals surface area contributed by atoms with E-state index in [-0.39, 0.29) is 12.3 Å². The van der Waals surface area contributed by atoms with Crippen LogP contribution in [0, 0.1) is 6.92 Å². The first-order chi connectivity index (χ1) is 9.58.